The highest BCUT2D eigenvalue weighted by Crippen LogP contribution is 1.99. The van der Waals surface area contributed by atoms with Gasteiger partial charge in [0.25, 0.3) is 0 Å². The van der Waals surface area contributed by atoms with E-state index in [0.29, 0.717) is 0 Å². The van der Waals surface area contributed by atoms with Gasteiger partial charge in [0.1, 0.15) is 0 Å². The molecule has 0 fully saturated rings. The maximum atomic E-state index is 3.76. The van der Waals surface area contributed by atoms with Gasteiger partial charge in [-0.3, -0.25) is 0 Å². The van der Waals surface area contributed by atoms with E-state index >= 15 is 0 Å². The Balaban J connectivity index is 0. The lowest BCUT2D eigenvalue weighted by atomic mass is 10.2. The molecule has 0 saturated heterocycles. The van der Waals surface area contributed by atoms with Crippen LogP contribution in [0.1, 0.15) is 39.0 Å². The van der Waals surface area contributed by atoms with Crippen LogP contribution in [0.4, 0.5) is 0 Å². The first-order valence-electron chi connectivity index (χ1n) is 3.21. The standard InChI is InChI=1S/C7H15.Mg.2H/c1-3-5-7-6-4-2;;;/h1,3-7H2,2H3;;;. The molecule has 0 amide bonds. The van der Waals surface area contributed by atoms with Crippen molar-refractivity contribution in [3.63, 3.8) is 0 Å². The summed E-state index contributed by atoms with van der Waals surface area (Å²) in [6.45, 7) is 5.98. The van der Waals surface area contributed by atoms with Gasteiger partial charge in [0.05, 0.1) is 0 Å². The maximum Gasteiger partial charge on any atom is 0.316 e. The van der Waals surface area contributed by atoms with E-state index in [9.17, 15) is 0 Å². The van der Waals surface area contributed by atoms with Gasteiger partial charge < -0.3 is 0 Å². The average molecular weight is 126 g/mol. The molecule has 0 aliphatic carbocycles. The van der Waals surface area contributed by atoms with E-state index in [1.165, 1.54) is 25.7 Å². The molecule has 47 valence electrons. The fourth-order valence-corrected chi connectivity index (χ4v) is 0.604. The van der Waals surface area contributed by atoms with Crippen molar-refractivity contribution in [2.24, 2.45) is 0 Å². The molecule has 1 heteroatoms. The van der Waals surface area contributed by atoms with E-state index in [-0.39, 0.29) is 23.1 Å². The Morgan fingerprint density at radius 3 is 2.12 bits per heavy atom. The van der Waals surface area contributed by atoms with Crippen LogP contribution in [0.15, 0.2) is 0 Å². The number of unbranched alkanes of at least 4 members (excludes halogenated alkanes) is 4. The summed E-state index contributed by atoms with van der Waals surface area (Å²) in [7, 11) is 0. The molecule has 0 bridgehead atoms. The molecule has 0 aliphatic heterocycles. The molecule has 0 nitrogen and oxygen atoms in total. The van der Waals surface area contributed by atoms with Crippen LogP contribution in [0.5, 0.6) is 0 Å². The van der Waals surface area contributed by atoms with Gasteiger partial charge in [0, 0.05) is 0 Å². The normalized spacial score (nSPS) is 8.25. The predicted molar refractivity (Wildman–Crippen MR) is 42.7 cm³/mol. The summed E-state index contributed by atoms with van der Waals surface area (Å²) in [6.07, 6.45) is 6.52. The predicted octanol–water partition coefficient (Wildman–Crippen LogP) is 1.87. The maximum absolute atomic E-state index is 3.76. The summed E-state index contributed by atoms with van der Waals surface area (Å²) in [5, 5.41) is 0. The van der Waals surface area contributed by atoms with Gasteiger partial charge in [0.2, 0.25) is 0 Å². The fourth-order valence-electron chi connectivity index (χ4n) is 0.604. The SMILES string of the molecule is [CH2]CCCCCC.[MgH2]. The van der Waals surface area contributed by atoms with E-state index in [1.54, 1.807) is 0 Å². The Bertz CT molecular complexity index is 23.6. The smallest absolute Gasteiger partial charge is 0.0654 e. The Labute approximate surface area is 69.2 Å². The van der Waals surface area contributed by atoms with Gasteiger partial charge in [-0.1, -0.05) is 46.0 Å². The van der Waals surface area contributed by atoms with Crippen LogP contribution in [0, 0.1) is 6.92 Å². The topological polar surface area (TPSA) is 0 Å². The first kappa shape index (κ1) is 11.5. The van der Waals surface area contributed by atoms with Crippen LogP contribution in [-0.2, 0) is 0 Å². The summed E-state index contributed by atoms with van der Waals surface area (Å²) in [5.74, 6) is 0. The zero-order valence-corrected chi connectivity index (χ0v) is 5.24. The summed E-state index contributed by atoms with van der Waals surface area (Å²) < 4.78 is 0. The summed E-state index contributed by atoms with van der Waals surface area (Å²) >= 11 is 0. The van der Waals surface area contributed by atoms with Crippen LogP contribution in [0.2, 0.25) is 0 Å². The Kier molecular flexibility index (Phi) is 15.4. The van der Waals surface area contributed by atoms with Gasteiger partial charge in [-0.15, -0.1) is 0 Å². The lowest BCUT2D eigenvalue weighted by Gasteiger charge is -1.90. The second-order valence-electron chi connectivity index (χ2n) is 1.91. The quantitative estimate of drug-likeness (QED) is 0.398. The molecule has 0 unspecified atom stereocenters. The van der Waals surface area contributed by atoms with Gasteiger partial charge in [-0.25, -0.2) is 0 Å². The molecular formula is C7H17Mg. The molecule has 1 radical (unpaired) electrons. The van der Waals surface area contributed by atoms with Crippen molar-refractivity contribution in [2.45, 2.75) is 39.0 Å². The third-order valence-corrected chi connectivity index (χ3v) is 1.10. The van der Waals surface area contributed by atoms with Crippen molar-refractivity contribution < 1.29 is 0 Å². The summed E-state index contributed by atoms with van der Waals surface area (Å²) in [6, 6.07) is 0. The molecular weight excluding hydrogens is 108 g/mol. The highest BCUT2D eigenvalue weighted by Gasteiger charge is 1.80. The van der Waals surface area contributed by atoms with Gasteiger partial charge >= 0.3 is 23.1 Å². The molecule has 0 saturated carbocycles. The molecule has 0 spiro atoms. The molecule has 8 heavy (non-hydrogen) atoms. The molecule has 0 aromatic heterocycles. The second-order valence-corrected chi connectivity index (χ2v) is 1.91. The van der Waals surface area contributed by atoms with Crippen molar-refractivity contribution in [3.8, 4) is 0 Å². The minimum absolute atomic E-state index is 0. The molecule has 0 atom stereocenters. The molecule has 0 N–H and O–H groups in total. The molecule has 0 aromatic rings. The van der Waals surface area contributed by atoms with E-state index in [2.05, 4.69) is 13.8 Å². The minimum Gasteiger partial charge on any atom is -0.0654 e. The molecule has 0 aliphatic rings. The van der Waals surface area contributed by atoms with Crippen molar-refractivity contribution in [1.82, 2.24) is 0 Å². The Morgan fingerprint density at radius 1 is 1.12 bits per heavy atom. The number of hydrogen-bond donors (Lipinski definition) is 0. The molecule has 0 aromatic carbocycles. The third-order valence-electron chi connectivity index (χ3n) is 1.10. The van der Waals surface area contributed by atoms with Crippen molar-refractivity contribution in [2.75, 3.05) is 0 Å². The first-order valence-corrected chi connectivity index (χ1v) is 3.21. The Morgan fingerprint density at radius 2 is 1.75 bits per heavy atom. The Hall–Kier alpha value is 0.766. The molecule has 0 rings (SSSR count). The lowest BCUT2D eigenvalue weighted by Crippen LogP contribution is -1.71. The van der Waals surface area contributed by atoms with Gasteiger partial charge in [-0.2, -0.15) is 0 Å². The lowest BCUT2D eigenvalue weighted by molar-refractivity contribution is 0.673. The van der Waals surface area contributed by atoms with E-state index in [0.717, 1.165) is 6.42 Å². The van der Waals surface area contributed by atoms with Crippen LogP contribution in [0.3, 0.4) is 0 Å². The number of rotatable bonds is 4. The van der Waals surface area contributed by atoms with Crippen molar-refractivity contribution in [1.29, 1.82) is 0 Å². The van der Waals surface area contributed by atoms with Crippen molar-refractivity contribution >= 4 is 23.1 Å². The molecule has 0 heterocycles. The average Bonchev–Trinajstić information content (AvgIpc) is 1.69. The van der Waals surface area contributed by atoms with Crippen LogP contribution in [0.25, 0.3) is 0 Å². The van der Waals surface area contributed by atoms with Crippen LogP contribution < -0.4 is 0 Å². The minimum atomic E-state index is 0. The van der Waals surface area contributed by atoms with E-state index < -0.39 is 0 Å². The fraction of sp³-hybridized carbons (Fsp3) is 0.857. The van der Waals surface area contributed by atoms with Crippen LogP contribution in [-0.4, -0.2) is 23.1 Å². The third kappa shape index (κ3) is 9.90. The monoisotopic (exact) mass is 125 g/mol. The summed E-state index contributed by atoms with van der Waals surface area (Å²) in [5.41, 5.74) is 0. The zero-order chi connectivity index (χ0) is 5.54. The van der Waals surface area contributed by atoms with Gasteiger partial charge in [-0.05, 0) is 0 Å². The largest absolute Gasteiger partial charge is 0.316 e. The van der Waals surface area contributed by atoms with Crippen molar-refractivity contribution in [3.05, 3.63) is 6.92 Å². The van der Waals surface area contributed by atoms with Crippen LogP contribution >= 0.6 is 0 Å². The van der Waals surface area contributed by atoms with Gasteiger partial charge in [0.15, 0.2) is 0 Å². The van der Waals surface area contributed by atoms with E-state index in [4.69, 9.17) is 0 Å². The summed E-state index contributed by atoms with van der Waals surface area (Å²) in [4.78, 5) is 0. The number of hydrogen-bond acceptors (Lipinski definition) is 0. The first-order chi connectivity index (χ1) is 3.41. The zero-order valence-electron chi connectivity index (χ0n) is 5.24. The second kappa shape index (κ2) is 10.7. The van der Waals surface area contributed by atoms with E-state index in [1.807, 2.05) is 0 Å². The highest BCUT2D eigenvalue weighted by atomic mass is 24.3. The highest BCUT2D eigenvalue weighted by molar-refractivity contribution is 5.75.